The average molecular weight is 332 g/mol. The lowest BCUT2D eigenvalue weighted by Gasteiger charge is -2.15. The van der Waals surface area contributed by atoms with E-state index in [4.69, 9.17) is 28.9 Å². The molecule has 1 saturated heterocycles. The number of likely N-dealkylation sites (tertiary alicyclic amines) is 1. The molecule has 1 atom stereocenters. The normalized spacial score (nSPS) is 18.7. The van der Waals surface area contributed by atoms with E-state index in [1.54, 1.807) is 0 Å². The molecule has 0 spiro atoms. The molecule has 1 heterocycles. The summed E-state index contributed by atoms with van der Waals surface area (Å²) in [5, 5.41) is 12.9. The van der Waals surface area contributed by atoms with E-state index in [-0.39, 0.29) is 33.9 Å². The number of benzene rings is 1. The van der Waals surface area contributed by atoms with Gasteiger partial charge in [0.1, 0.15) is 5.75 Å². The predicted molar refractivity (Wildman–Crippen MR) is 79.6 cm³/mol. The van der Waals surface area contributed by atoms with Gasteiger partial charge in [0.15, 0.2) is 0 Å². The Hall–Kier alpha value is -1.50. The van der Waals surface area contributed by atoms with Crippen LogP contribution in [0.2, 0.25) is 10.0 Å². The molecule has 1 unspecified atom stereocenters. The fraction of sp³-hybridized carbons (Fsp3) is 0.385. The second kappa shape index (κ2) is 6.51. The molecule has 0 saturated carbocycles. The van der Waals surface area contributed by atoms with Gasteiger partial charge in [0.05, 0.1) is 17.1 Å². The zero-order chi connectivity index (χ0) is 15.6. The number of rotatable bonds is 4. The summed E-state index contributed by atoms with van der Waals surface area (Å²) in [5.41, 5.74) is 5.16. The van der Waals surface area contributed by atoms with Crippen LogP contribution in [0.5, 0.6) is 5.75 Å². The highest BCUT2D eigenvalue weighted by Gasteiger charge is 2.26. The molecule has 0 aromatic heterocycles. The molecule has 8 heteroatoms. The molecule has 1 aliphatic rings. The lowest BCUT2D eigenvalue weighted by atomic mass is 10.1. The summed E-state index contributed by atoms with van der Waals surface area (Å²) in [4.78, 5) is 24.9. The maximum Gasteiger partial charge on any atom is 0.255 e. The zero-order valence-corrected chi connectivity index (χ0v) is 12.6. The Labute approximate surface area is 131 Å². The molecule has 114 valence electrons. The first-order valence-corrected chi connectivity index (χ1v) is 7.12. The monoisotopic (exact) mass is 331 g/mol. The number of aromatic hydroxyl groups is 1. The van der Waals surface area contributed by atoms with Crippen LogP contribution >= 0.6 is 23.2 Å². The Kier molecular flexibility index (Phi) is 4.92. The van der Waals surface area contributed by atoms with E-state index in [2.05, 4.69) is 5.32 Å². The number of phenolic OH excluding ortho intramolecular Hbond substituents is 1. The Bertz CT molecular complexity index is 580. The van der Waals surface area contributed by atoms with Crippen LogP contribution in [0.25, 0.3) is 0 Å². The van der Waals surface area contributed by atoms with E-state index >= 15 is 0 Å². The molecular weight excluding hydrogens is 317 g/mol. The van der Waals surface area contributed by atoms with Crippen molar-refractivity contribution in [2.75, 3.05) is 19.6 Å². The van der Waals surface area contributed by atoms with E-state index in [0.29, 0.717) is 19.5 Å². The standard InChI is InChI=1S/C13H15Cl2N3O3/c14-7-3-9(12(20)10(15)4-7)13(21)17-8-1-2-18(5-8)6-11(16)19/h3-4,8,20H,1-2,5-6H2,(H2,16,19)(H,17,21). The summed E-state index contributed by atoms with van der Waals surface area (Å²) in [6.45, 7) is 1.38. The maximum atomic E-state index is 12.2. The van der Waals surface area contributed by atoms with Gasteiger partial charge in [-0.1, -0.05) is 23.2 Å². The number of carbonyl (C=O) groups excluding carboxylic acids is 2. The molecule has 1 aromatic carbocycles. The molecule has 1 fully saturated rings. The van der Waals surface area contributed by atoms with E-state index in [1.165, 1.54) is 12.1 Å². The molecule has 0 bridgehead atoms. The minimum Gasteiger partial charge on any atom is -0.506 e. The van der Waals surface area contributed by atoms with Crippen LogP contribution in [-0.4, -0.2) is 47.5 Å². The first-order chi connectivity index (χ1) is 9.86. The third-order valence-corrected chi connectivity index (χ3v) is 3.77. The largest absolute Gasteiger partial charge is 0.506 e. The van der Waals surface area contributed by atoms with E-state index in [0.717, 1.165) is 0 Å². The third kappa shape index (κ3) is 4.00. The predicted octanol–water partition coefficient (Wildman–Crippen LogP) is 0.988. The minimum atomic E-state index is -0.456. The number of amides is 2. The van der Waals surface area contributed by atoms with Crippen LogP contribution in [0.15, 0.2) is 12.1 Å². The number of nitrogens with one attached hydrogen (secondary N) is 1. The number of halogens is 2. The topological polar surface area (TPSA) is 95.7 Å². The lowest BCUT2D eigenvalue weighted by Crippen LogP contribution is -2.39. The van der Waals surface area contributed by atoms with Gasteiger partial charge >= 0.3 is 0 Å². The Morgan fingerprint density at radius 2 is 2.14 bits per heavy atom. The summed E-state index contributed by atoms with van der Waals surface area (Å²) in [6, 6.07) is 2.60. The molecule has 4 N–H and O–H groups in total. The molecular formula is C13H15Cl2N3O3. The van der Waals surface area contributed by atoms with Gasteiger partial charge in [0.2, 0.25) is 5.91 Å². The molecule has 1 aliphatic heterocycles. The molecule has 2 amide bonds. The first-order valence-electron chi connectivity index (χ1n) is 6.36. The highest BCUT2D eigenvalue weighted by Crippen LogP contribution is 2.31. The highest BCUT2D eigenvalue weighted by molar-refractivity contribution is 6.36. The highest BCUT2D eigenvalue weighted by atomic mass is 35.5. The summed E-state index contributed by atoms with van der Waals surface area (Å²) in [5.74, 6) is -1.16. The van der Waals surface area contributed by atoms with Crippen LogP contribution in [0.1, 0.15) is 16.8 Å². The van der Waals surface area contributed by atoms with Crippen molar-refractivity contribution in [3.8, 4) is 5.75 Å². The lowest BCUT2D eigenvalue weighted by molar-refractivity contribution is -0.118. The van der Waals surface area contributed by atoms with E-state index < -0.39 is 11.8 Å². The molecule has 1 aromatic rings. The summed E-state index contributed by atoms with van der Waals surface area (Å²) in [7, 11) is 0. The van der Waals surface area contributed by atoms with Crippen molar-refractivity contribution >= 4 is 35.0 Å². The summed E-state index contributed by atoms with van der Waals surface area (Å²) in [6.07, 6.45) is 0.702. The van der Waals surface area contributed by atoms with Crippen LogP contribution < -0.4 is 11.1 Å². The van der Waals surface area contributed by atoms with Gasteiger partial charge in [-0.25, -0.2) is 0 Å². The number of primary amides is 1. The van der Waals surface area contributed by atoms with Gasteiger partial charge < -0.3 is 16.2 Å². The molecule has 2 rings (SSSR count). The first kappa shape index (κ1) is 15.9. The molecule has 21 heavy (non-hydrogen) atoms. The van der Waals surface area contributed by atoms with Crippen molar-refractivity contribution in [3.05, 3.63) is 27.7 Å². The Morgan fingerprint density at radius 1 is 1.43 bits per heavy atom. The smallest absolute Gasteiger partial charge is 0.255 e. The Morgan fingerprint density at radius 3 is 2.81 bits per heavy atom. The second-order valence-electron chi connectivity index (χ2n) is 4.94. The van der Waals surface area contributed by atoms with Crippen molar-refractivity contribution in [2.24, 2.45) is 5.73 Å². The SMILES string of the molecule is NC(=O)CN1CCC(NC(=O)c2cc(Cl)cc(Cl)c2O)C1. The minimum absolute atomic E-state index is 0.0226. The summed E-state index contributed by atoms with van der Waals surface area (Å²) < 4.78 is 0. The van der Waals surface area contributed by atoms with Crippen LogP contribution in [0.3, 0.4) is 0 Å². The van der Waals surface area contributed by atoms with Crippen molar-refractivity contribution in [3.63, 3.8) is 0 Å². The number of phenols is 1. The number of carbonyl (C=O) groups is 2. The van der Waals surface area contributed by atoms with E-state index in [1.807, 2.05) is 4.90 Å². The van der Waals surface area contributed by atoms with Gasteiger partial charge in [-0.05, 0) is 18.6 Å². The van der Waals surface area contributed by atoms with Gasteiger partial charge in [0, 0.05) is 24.2 Å². The molecule has 6 nitrogen and oxygen atoms in total. The fourth-order valence-electron chi connectivity index (χ4n) is 2.32. The second-order valence-corrected chi connectivity index (χ2v) is 5.79. The number of nitrogens with two attached hydrogens (primary N) is 1. The van der Waals surface area contributed by atoms with Gasteiger partial charge in [-0.2, -0.15) is 0 Å². The van der Waals surface area contributed by atoms with Crippen LogP contribution in [-0.2, 0) is 4.79 Å². The third-order valence-electron chi connectivity index (χ3n) is 3.26. The maximum absolute atomic E-state index is 12.2. The van der Waals surface area contributed by atoms with Crippen molar-refractivity contribution in [1.29, 1.82) is 0 Å². The Balaban J connectivity index is 2.01. The number of hydrogen-bond donors (Lipinski definition) is 3. The number of hydrogen-bond acceptors (Lipinski definition) is 4. The zero-order valence-electron chi connectivity index (χ0n) is 11.1. The van der Waals surface area contributed by atoms with Gasteiger partial charge in [-0.15, -0.1) is 0 Å². The van der Waals surface area contributed by atoms with E-state index in [9.17, 15) is 14.7 Å². The van der Waals surface area contributed by atoms with Crippen molar-refractivity contribution < 1.29 is 14.7 Å². The number of nitrogens with zero attached hydrogens (tertiary/aromatic N) is 1. The average Bonchev–Trinajstić information content (AvgIpc) is 2.80. The van der Waals surface area contributed by atoms with Crippen molar-refractivity contribution in [1.82, 2.24) is 10.2 Å². The molecule has 0 aliphatic carbocycles. The molecule has 0 radical (unpaired) electrons. The summed E-state index contributed by atoms with van der Waals surface area (Å²) >= 11 is 11.6. The van der Waals surface area contributed by atoms with Crippen molar-refractivity contribution in [2.45, 2.75) is 12.5 Å². The van der Waals surface area contributed by atoms with Gasteiger partial charge in [0.25, 0.3) is 5.91 Å². The van der Waals surface area contributed by atoms with Crippen LogP contribution in [0, 0.1) is 0 Å². The van der Waals surface area contributed by atoms with Gasteiger partial charge in [-0.3, -0.25) is 14.5 Å². The van der Waals surface area contributed by atoms with Crippen LogP contribution in [0.4, 0.5) is 0 Å². The fourth-order valence-corrected chi connectivity index (χ4v) is 2.81. The quantitative estimate of drug-likeness (QED) is 0.766.